The van der Waals surface area contributed by atoms with E-state index < -0.39 is 42.1 Å². The summed E-state index contributed by atoms with van der Waals surface area (Å²) in [5.74, 6) is -5.19. The van der Waals surface area contributed by atoms with Crippen molar-refractivity contribution in [2.45, 2.75) is 49.8 Å². The Labute approximate surface area is 229 Å². The molecule has 2 aromatic rings. The molecule has 5 rings (SSSR count). The maximum atomic E-state index is 10.3. The normalized spacial score (nSPS) is 22.2. The van der Waals surface area contributed by atoms with Crippen LogP contribution in [0, 0.1) is 0 Å². The largest absolute Gasteiger partial charge is 0.488 e. The summed E-state index contributed by atoms with van der Waals surface area (Å²) in [4.78, 5) is 32.9. The molecule has 39 heavy (non-hydrogen) atoms. The molecular formula is C27H30ClNO10. The van der Waals surface area contributed by atoms with Gasteiger partial charge in [-0.25, -0.2) is 4.79 Å². The van der Waals surface area contributed by atoms with Gasteiger partial charge in [-0.15, -0.1) is 0 Å². The van der Waals surface area contributed by atoms with E-state index in [2.05, 4.69) is 17.0 Å². The van der Waals surface area contributed by atoms with Crippen LogP contribution in [0.1, 0.15) is 42.4 Å². The monoisotopic (exact) mass is 563 g/mol. The van der Waals surface area contributed by atoms with Crippen LogP contribution in [0.25, 0.3) is 0 Å². The zero-order valence-electron chi connectivity index (χ0n) is 21.0. The van der Waals surface area contributed by atoms with E-state index in [9.17, 15) is 14.4 Å². The van der Waals surface area contributed by atoms with Crippen LogP contribution < -0.4 is 4.74 Å². The van der Waals surface area contributed by atoms with Crippen LogP contribution in [0.5, 0.6) is 5.75 Å². The number of aliphatic carboxylic acids is 3. The average Bonchev–Trinajstić information content (AvgIpc) is 3.51. The van der Waals surface area contributed by atoms with Gasteiger partial charge >= 0.3 is 17.9 Å². The second-order valence-corrected chi connectivity index (χ2v) is 10.2. The Morgan fingerprint density at radius 3 is 2.31 bits per heavy atom. The first-order valence-corrected chi connectivity index (χ1v) is 12.8. The second kappa shape index (κ2) is 11.9. The Morgan fingerprint density at radius 2 is 1.67 bits per heavy atom. The van der Waals surface area contributed by atoms with Crippen LogP contribution >= 0.6 is 11.6 Å². The SMILES string of the molecule is Clc1ccc2c(c1)C1(OCC(CN3CCCC3)O1)c1ccccc1CO2.O=C(O)CC(O)(CC(=O)O)C(=O)O. The number of halogens is 1. The minimum Gasteiger partial charge on any atom is -0.488 e. The third-order valence-corrected chi connectivity index (χ3v) is 7.04. The number of hydrogen-bond donors (Lipinski definition) is 4. The van der Waals surface area contributed by atoms with Gasteiger partial charge in [0, 0.05) is 17.1 Å². The molecule has 2 fully saturated rings. The number of hydrogen-bond acceptors (Lipinski definition) is 8. The minimum absolute atomic E-state index is 0.0334. The summed E-state index contributed by atoms with van der Waals surface area (Å²) >= 11 is 6.32. The molecule has 1 spiro atoms. The quantitative estimate of drug-likeness (QED) is 0.391. The van der Waals surface area contributed by atoms with Crippen LogP contribution in [0.2, 0.25) is 5.02 Å². The lowest BCUT2D eigenvalue weighted by Crippen LogP contribution is -2.42. The summed E-state index contributed by atoms with van der Waals surface area (Å²) in [7, 11) is 0. The molecule has 3 heterocycles. The zero-order valence-corrected chi connectivity index (χ0v) is 21.8. The Balaban J connectivity index is 0.000000233. The highest BCUT2D eigenvalue weighted by Gasteiger charge is 2.49. The molecule has 2 atom stereocenters. The maximum Gasteiger partial charge on any atom is 0.336 e. The summed E-state index contributed by atoms with van der Waals surface area (Å²) in [5, 5.41) is 34.5. The number of ether oxygens (including phenoxy) is 3. The molecule has 0 amide bonds. The lowest BCUT2D eigenvalue weighted by atomic mass is 9.93. The number of carboxylic acid groups (broad SMARTS) is 3. The first kappa shape index (κ1) is 28.8. The molecule has 4 N–H and O–H groups in total. The summed E-state index contributed by atoms with van der Waals surface area (Å²) in [5.41, 5.74) is 0.225. The highest BCUT2D eigenvalue weighted by atomic mass is 35.5. The molecule has 0 aromatic heterocycles. The fourth-order valence-electron chi connectivity index (χ4n) is 5.01. The molecule has 3 aliphatic rings. The minimum atomic E-state index is -2.74. The first-order valence-electron chi connectivity index (χ1n) is 12.5. The van der Waals surface area contributed by atoms with Gasteiger partial charge in [-0.1, -0.05) is 35.9 Å². The Morgan fingerprint density at radius 1 is 1.00 bits per heavy atom. The summed E-state index contributed by atoms with van der Waals surface area (Å²) < 4.78 is 19.1. The topological polar surface area (TPSA) is 163 Å². The van der Waals surface area contributed by atoms with Crippen molar-refractivity contribution in [3.63, 3.8) is 0 Å². The fraction of sp³-hybridized carbons (Fsp3) is 0.444. The van der Waals surface area contributed by atoms with Gasteiger partial charge in [0.1, 0.15) is 12.4 Å². The molecule has 2 saturated heterocycles. The molecule has 0 bridgehead atoms. The van der Waals surface area contributed by atoms with Gasteiger partial charge in [0.15, 0.2) is 5.60 Å². The van der Waals surface area contributed by atoms with E-state index >= 15 is 0 Å². The maximum absolute atomic E-state index is 10.3. The predicted octanol–water partition coefficient (Wildman–Crippen LogP) is 2.70. The Kier molecular flexibility index (Phi) is 8.77. The average molecular weight is 564 g/mol. The van der Waals surface area contributed by atoms with Crippen molar-refractivity contribution in [1.29, 1.82) is 0 Å². The van der Waals surface area contributed by atoms with Gasteiger partial charge < -0.3 is 39.5 Å². The smallest absolute Gasteiger partial charge is 0.336 e. The zero-order chi connectivity index (χ0) is 28.2. The molecule has 0 saturated carbocycles. The molecule has 2 unspecified atom stereocenters. The van der Waals surface area contributed by atoms with Crippen LogP contribution in [-0.4, -0.2) is 81.2 Å². The standard InChI is InChI=1S/C21H22ClNO3.C6H8O7/c22-16-7-8-20-19(11-16)21(18-6-2-1-5-15(18)13-24-20)25-14-17(26-21)12-23-9-3-4-10-23;7-3(8)1-6(13,5(11)12)2-4(9)10/h1-2,5-8,11,17H,3-4,9-10,12-14H2;13H,1-2H2,(H,7,8)(H,9,10)(H,11,12). The third kappa shape index (κ3) is 6.51. The molecule has 12 heteroatoms. The molecule has 210 valence electrons. The van der Waals surface area contributed by atoms with E-state index in [1.165, 1.54) is 12.8 Å². The number of nitrogens with zero attached hydrogens (tertiary/aromatic N) is 1. The Hall–Kier alpha value is -3.22. The predicted molar refractivity (Wildman–Crippen MR) is 137 cm³/mol. The van der Waals surface area contributed by atoms with E-state index in [1.807, 2.05) is 30.3 Å². The molecular weight excluding hydrogens is 534 g/mol. The van der Waals surface area contributed by atoms with Crippen molar-refractivity contribution in [2.75, 3.05) is 26.2 Å². The Bertz CT molecular complexity index is 1210. The van der Waals surface area contributed by atoms with Gasteiger partial charge in [0.25, 0.3) is 0 Å². The number of fused-ring (bicyclic) bond motifs is 4. The van der Waals surface area contributed by atoms with Gasteiger partial charge in [-0.3, -0.25) is 9.59 Å². The number of aliphatic hydroxyl groups is 1. The van der Waals surface area contributed by atoms with Crippen molar-refractivity contribution >= 4 is 29.5 Å². The van der Waals surface area contributed by atoms with Crippen molar-refractivity contribution in [3.8, 4) is 5.75 Å². The van der Waals surface area contributed by atoms with Gasteiger partial charge in [-0.05, 0) is 49.7 Å². The van der Waals surface area contributed by atoms with Crippen molar-refractivity contribution in [2.24, 2.45) is 0 Å². The second-order valence-electron chi connectivity index (χ2n) is 9.74. The highest BCUT2D eigenvalue weighted by molar-refractivity contribution is 6.30. The van der Waals surface area contributed by atoms with E-state index in [4.69, 9.17) is 46.2 Å². The number of likely N-dealkylation sites (tertiary alicyclic amines) is 1. The number of benzene rings is 2. The molecule has 0 radical (unpaired) electrons. The van der Waals surface area contributed by atoms with E-state index in [0.717, 1.165) is 42.1 Å². The van der Waals surface area contributed by atoms with E-state index in [1.54, 1.807) is 0 Å². The number of rotatable bonds is 7. The third-order valence-electron chi connectivity index (χ3n) is 6.80. The summed E-state index contributed by atoms with van der Waals surface area (Å²) in [6.07, 6.45) is 0.288. The molecule has 2 aromatic carbocycles. The molecule has 0 aliphatic carbocycles. The highest BCUT2D eigenvalue weighted by Crippen LogP contribution is 2.48. The molecule has 11 nitrogen and oxygen atoms in total. The van der Waals surface area contributed by atoms with Gasteiger partial charge in [0.2, 0.25) is 5.79 Å². The van der Waals surface area contributed by atoms with Crippen molar-refractivity contribution in [3.05, 3.63) is 64.2 Å². The van der Waals surface area contributed by atoms with Crippen LogP contribution in [0.15, 0.2) is 42.5 Å². The van der Waals surface area contributed by atoms with Crippen molar-refractivity contribution < 1.29 is 49.0 Å². The number of carboxylic acids is 3. The number of carbonyl (C=O) groups is 3. The van der Waals surface area contributed by atoms with Crippen LogP contribution in [0.4, 0.5) is 0 Å². The fourth-order valence-corrected chi connectivity index (χ4v) is 5.18. The lowest BCUT2D eigenvalue weighted by Gasteiger charge is -2.30. The van der Waals surface area contributed by atoms with E-state index in [0.29, 0.717) is 18.2 Å². The first-order chi connectivity index (χ1) is 18.5. The molecule has 3 aliphatic heterocycles. The summed E-state index contributed by atoms with van der Waals surface area (Å²) in [6.45, 7) is 4.26. The van der Waals surface area contributed by atoms with E-state index in [-0.39, 0.29) is 6.10 Å². The summed E-state index contributed by atoms with van der Waals surface area (Å²) in [6, 6.07) is 13.9. The van der Waals surface area contributed by atoms with Crippen LogP contribution in [-0.2, 0) is 36.3 Å². The van der Waals surface area contributed by atoms with Crippen molar-refractivity contribution in [1.82, 2.24) is 4.90 Å². The van der Waals surface area contributed by atoms with Gasteiger partial charge in [-0.2, -0.15) is 0 Å². The lowest BCUT2D eigenvalue weighted by molar-refractivity contribution is -0.170. The van der Waals surface area contributed by atoms with Gasteiger partial charge in [0.05, 0.1) is 31.1 Å². The van der Waals surface area contributed by atoms with Crippen LogP contribution in [0.3, 0.4) is 0 Å².